The minimum absolute atomic E-state index is 0.0209. The summed E-state index contributed by atoms with van der Waals surface area (Å²) < 4.78 is 10.8. The lowest BCUT2D eigenvalue weighted by molar-refractivity contribution is -0.591. The molecule has 1 heterocycles. The van der Waals surface area contributed by atoms with Crippen LogP contribution >= 0.6 is 0 Å². The summed E-state index contributed by atoms with van der Waals surface area (Å²) in [6, 6.07) is 4.52. The molecule has 9 heteroatoms. The van der Waals surface area contributed by atoms with Gasteiger partial charge in [-0.05, 0) is 0 Å². The Labute approximate surface area is 134 Å². The molecule has 0 spiro atoms. The second-order valence-electron chi connectivity index (χ2n) is 4.95. The number of phenols is 1. The Kier molecular flexibility index (Phi) is 3.40. The van der Waals surface area contributed by atoms with Crippen LogP contribution < -0.4 is 18.9 Å². The van der Waals surface area contributed by atoms with Gasteiger partial charge in [0, 0.05) is 12.1 Å². The fourth-order valence-corrected chi connectivity index (χ4v) is 2.52. The molecule has 0 aliphatic rings. The van der Waals surface area contributed by atoms with Crippen molar-refractivity contribution < 1.29 is 33.9 Å². The molecular weight excluding hydrogens is 320 g/mol. The number of hydrogen-bond donors (Lipinski definition) is 2. The van der Waals surface area contributed by atoms with Crippen molar-refractivity contribution in [1.82, 2.24) is 0 Å². The number of carbonyl (C=O) groups is 1. The average Bonchev–Trinajstić information content (AvgIpc) is 2.57. The van der Waals surface area contributed by atoms with Crippen molar-refractivity contribution in [2.24, 2.45) is 0 Å². The highest BCUT2D eigenvalue weighted by molar-refractivity contribution is 5.94. The number of carboxylic acid groups (broad SMARTS) is 1. The lowest BCUT2D eigenvalue weighted by Crippen LogP contribution is -2.39. The number of rotatable bonds is 3. The van der Waals surface area contributed by atoms with Gasteiger partial charge in [-0.1, -0.05) is 0 Å². The van der Waals surface area contributed by atoms with Gasteiger partial charge in [0.05, 0.1) is 31.9 Å². The van der Waals surface area contributed by atoms with E-state index in [0.717, 1.165) is 18.2 Å². The first kappa shape index (κ1) is 15.4. The molecule has 24 heavy (non-hydrogen) atoms. The fourth-order valence-electron chi connectivity index (χ4n) is 2.52. The van der Waals surface area contributed by atoms with Gasteiger partial charge in [0.15, 0.2) is 17.2 Å². The Morgan fingerprint density at radius 3 is 2.17 bits per heavy atom. The van der Waals surface area contributed by atoms with E-state index >= 15 is 0 Å². The normalized spacial score (nSPS) is 10.9. The molecule has 0 bridgehead atoms. The highest BCUT2D eigenvalue weighted by atomic mass is 16.5. The highest BCUT2D eigenvalue weighted by Crippen LogP contribution is 2.31. The smallest absolute Gasteiger partial charge is 0.336 e. The second kappa shape index (κ2) is 5.30. The summed E-state index contributed by atoms with van der Waals surface area (Å²) in [5.74, 6) is -1.63. The molecule has 0 fully saturated rings. The Bertz CT molecular complexity index is 1000. The summed E-state index contributed by atoms with van der Waals surface area (Å²) in [7, 11) is 2.57. The highest BCUT2D eigenvalue weighted by Gasteiger charge is 2.28. The topological polar surface area (TPSA) is 130 Å². The van der Waals surface area contributed by atoms with E-state index in [1.807, 2.05) is 0 Å². The number of methoxy groups -OCH3 is 2. The van der Waals surface area contributed by atoms with Gasteiger partial charge in [-0.15, -0.1) is 0 Å². The number of aromatic carboxylic acids is 1. The van der Waals surface area contributed by atoms with E-state index < -0.39 is 5.97 Å². The number of ether oxygens (including phenoxy) is 2. The van der Waals surface area contributed by atoms with Crippen LogP contribution in [0, 0.1) is 10.4 Å². The van der Waals surface area contributed by atoms with Gasteiger partial charge in [0.25, 0.3) is 16.6 Å². The SMILES string of the molecule is COc1cc2c(cc1O)[n+]([O-])c1cc(C(=O)O)cc(OC)c1[n+]2[O-]. The molecule has 9 nitrogen and oxygen atoms in total. The maximum atomic E-state index is 12.7. The minimum atomic E-state index is -1.27. The van der Waals surface area contributed by atoms with Crippen LogP contribution in [0.25, 0.3) is 22.1 Å². The van der Waals surface area contributed by atoms with Crippen LogP contribution in [0.5, 0.6) is 17.2 Å². The van der Waals surface area contributed by atoms with Crippen LogP contribution in [0.1, 0.15) is 10.4 Å². The molecule has 3 rings (SSSR count). The largest absolute Gasteiger partial charge is 0.617 e. The molecule has 124 valence electrons. The number of aromatic hydroxyl groups is 1. The molecule has 0 unspecified atom stereocenters. The van der Waals surface area contributed by atoms with Gasteiger partial charge in [-0.3, -0.25) is 0 Å². The van der Waals surface area contributed by atoms with Gasteiger partial charge in [0.2, 0.25) is 0 Å². The summed E-state index contributed by atoms with van der Waals surface area (Å²) in [6.45, 7) is 0. The zero-order chi connectivity index (χ0) is 17.6. The summed E-state index contributed by atoms with van der Waals surface area (Å²) >= 11 is 0. The zero-order valence-electron chi connectivity index (χ0n) is 12.6. The quantitative estimate of drug-likeness (QED) is 0.410. The molecule has 0 aliphatic heterocycles. The Morgan fingerprint density at radius 1 is 0.958 bits per heavy atom. The van der Waals surface area contributed by atoms with Crippen molar-refractivity contribution in [3.63, 3.8) is 0 Å². The average molecular weight is 332 g/mol. The molecule has 0 amide bonds. The van der Waals surface area contributed by atoms with E-state index in [4.69, 9.17) is 14.6 Å². The number of nitrogens with zero attached hydrogens (tertiary/aromatic N) is 2. The fraction of sp³-hybridized carbons (Fsp3) is 0.133. The van der Waals surface area contributed by atoms with Crippen LogP contribution in [0.3, 0.4) is 0 Å². The number of phenolic OH excluding ortho intramolecular Hbond substituents is 1. The molecule has 2 N–H and O–H groups in total. The number of benzene rings is 2. The van der Waals surface area contributed by atoms with Crippen molar-refractivity contribution in [1.29, 1.82) is 0 Å². The Balaban J connectivity index is 2.56. The van der Waals surface area contributed by atoms with Crippen molar-refractivity contribution in [3.05, 3.63) is 40.2 Å². The monoisotopic (exact) mass is 332 g/mol. The first-order valence-corrected chi connectivity index (χ1v) is 6.70. The number of aromatic nitrogens is 2. The summed E-state index contributed by atoms with van der Waals surface area (Å²) in [5.41, 5.74) is -0.730. The van der Waals surface area contributed by atoms with Gasteiger partial charge >= 0.3 is 11.5 Å². The van der Waals surface area contributed by atoms with Crippen molar-refractivity contribution in [2.75, 3.05) is 14.2 Å². The third kappa shape index (κ3) is 2.06. The predicted molar refractivity (Wildman–Crippen MR) is 81.1 cm³/mol. The third-order valence-corrected chi connectivity index (χ3v) is 3.66. The first-order chi connectivity index (χ1) is 11.4. The summed E-state index contributed by atoms with van der Waals surface area (Å²) in [6.07, 6.45) is 0. The molecule has 0 atom stereocenters. The van der Waals surface area contributed by atoms with E-state index in [9.17, 15) is 20.3 Å². The van der Waals surface area contributed by atoms with Crippen LogP contribution in [-0.2, 0) is 0 Å². The van der Waals surface area contributed by atoms with Crippen molar-refractivity contribution >= 4 is 28.0 Å². The molecule has 2 aromatic carbocycles. The first-order valence-electron chi connectivity index (χ1n) is 6.70. The summed E-state index contributed by atoms with van der Waals surface area (Å²) in [5, 5.41) is 44.3. The number of hydrogen-bond acceptors (Lipinski definition) is 6. The summed E-state index contributed by atoms with van der Waals surface area (Å²) in [4.78, 5) is 11.2. The van der Waals surface area contributed by atoms with Crippen molar-refractivity contribution in [3.8, 4) is 17.2 Å². The lowest BCUT2D eigenvalue weighted by Gasteiger charge is -2.11. The van der Waals surface area contributed by atoms with Crippen LogP contribution in [0.2, 0.25) is 0 Å². The molecule has 0 radical (unpaired) electrons. The van der Waals surface area contributed by atoms with E-state index in [1.165, 1.54) is 20.3 Å². The van der Waals surface area contributed by atoms with Crippen molar-refractivity contribution in [2.45, 2.75) is 0 Å². The molecule has 0 aliphatic carbocycles. The van der Waals surface area contributed by atoms with Crippen LogP contribution in [0.4, 0.5) is 0 Å². The molecule has 3 aromatic rings. The number of carboxylic acids is 1. The van der Waals surface area contributed by atoms with Gasteiger partial charge in [-0.2, -0.15) is 9.46 Å². The molecule has 0 saturated heterocycles. The van der Waals surface area contributed by atoms with E-state index in [2.05, 4.69) is 0 Å². The predicted octanol–water partition coefficient (Wildman–Crippen LogP) is 0.681. The van der Waals surface area contributed by atoms with Crippen LogP contribution in [-0.4, -0.2) is 30.4 Å². The van der Waals surface area contributed by atoms with E-state index in [0.29, 0.717) is 9.46 Å². The van der Waals surface area contributed by atoms with E-state index in [-0.39, 0.29) is 44.9 Å². The minimum Gasteiger partial charge on any atom is -0.617 e. The third-order valence-electron chi connectivity index (χ3n) is 3.66. The van der Waals surface area contributed by atoms with Crippen LogP contribution in [0.15, 0.2) is 24.3 Å². The zero-order valence-corrected chi connectivity index (χ0v) is 12.6. The maximum Gasteiger partial charge on any atom is 0.336 e. The van der Waals surface area contributed by atoms with Gasteiger partial charge in [0.1, 0.15) is 0 Å². The standard InChI is InChI=1S/C15H12N2O7/c1-23-12-6-9-8(5-11(12)18)16(21)10-3-7(15(19)20)4-13(24-2)14(10)17(9)22/h3-6,18H,1-2H3,(H,19,20). The second-order valence-corrected chi connectivity index (χ2v) is 4.95. The number of fused-ring (bicyclic) bond motifs is 2. The molecule has 1 aromatic heterocycles. The van der Waals surface area contributed by atoms with Gasteiger partial charge in [-0.25, -0.2) is 4.79 Å². The molecule has 0 saturated carbocycles. The maximum absolute atomic E-state index is 12.7. The lowest BCUT2D eigenvalue weighted by atomic mass is 10.1. The van der Waals surface area contributed by atoms with Gasteiger partial charge < -0.3 is 30.1 Å². The molecular formula is C15H12N2O7. The Morgan fingerprint density at radius 2 is 1.58 bits per heavy atom. The van der Waals surface area contributed by atoms with E-state index in [1.54, 1.807) is 0 Å². The Hall–Kier alpha value is -3.49.